The van der Waals surface area contributed by atoms with E-state index in [4.69, 9.17) is 39.9 Å². The second-order valence-electron chi connectivity index (χ2n) is 14.8. The lowest BCUT2D eigenvalue weighted by molar-refractivity contribution is -0.164. The number of hydrogen-bond acceptors (Lipinski definition) is 10. The number of benzene rings is 1. The lowest BCUT2D eigenvalue weighted by atomic mass is 9.87. The minimum atomic E-state index is -1.53. The molecule has 1 aliphatic carbocycles. The van der Waals surface area contributed by atoms with Gasteiger partial charge in [-0.15, -0.1) is 0 Å². The molecule has 4 rings (SSSR count). The first-order chi connectivity index (χ1) is 23.8. The van der Waals surface area contributed by atoms with Crippen LogP contribution in [0.4, 0.5) is 13.2 Å². The smallest absolute Gasteiger partial charge is 0.325 e. The summed E-state index contributed by atoms with van der Waals surface area (Å²) in [6, 6.07) is 0.132. The van der Waals surface area contributed by atoms with Gasteiger partial charge in [0.1, 0.15) is 24.3 Å². The molecule has 2 aliphatic heterocycles. The number of carbonyl (C=O) groups is 2. The fraction of sp³-hybridized carbons (Fsp3) is 0.784. The fourth-order valence-electron chi connectivity index (χ4n) is 7.22. The molecule has 284 valence electrons. The Morgan fingerprint density at radius 2 is 1.32 bits per heavy atom. The highest BCUT2D eigenvalue weighted by molar-refractivity contribution is 5.76. The van der Waals surface area contributed by atoms with Crippen LogP contribution in [0.15, 0.2) is 12.1 Å². The molecule has 1 aromatic rings. The molecule has 0 spiro atoms. The third kappa shape index (κ3) is 11.9. The largest absolute Gasteiger partial charge is 0.459 e. The maximum absolute atomic E-state index is 14.0. The number of nitrogens with two attached hydrogens (primary N) is 2. The molecule has 10 atom stereocenters. The molecule has 2 saturated heterocycles. The minimum absolute atomic E-state index is 0.0508. The van der Waals surface area contributed by atoms with Crippen molar-refractivity contribution < 1.29 is 51.2 Å². The van der Waals surface area contributed by atoms with Crippen molar-refractivity contribution in [1.29, 1.82) is 0 Å². The minimum Gasteiger partial charge on any atom is -0.459 e. The molecule has 0 aromatic heterocycles. The van der Waals surface area contributed by atoms with Gasteiger partial charge in [-0.3, -0.25) is 9.59 Å². The third-order valence-corrected chi connectivity index (χ3v) is 10.3. The molecule has 10 nitrogen and oxygen atoms in total. The molecule has 50 heavy (non-hydrogen) atoms. The second kappa shape index (κ2) is 19.5. The zero-order valence-electron chi connectivity index (χ0n) is 30.0. The maximum Gasteiger partial charge on any atom is 0.325 e. The van der Waals surface area contributed by atoms with Gasteiger partial charge in [0.15, 0.2) is 17.5 Å². The topological polar surface area (TPSA) is 142 Å². The molecule has 1 aromatic carbocycles. The second-order valence-corrected chi connectivity index (χ2v) is 14.8. The van der Waals surface area contributed by atoms with Crippen LogP contribution in [0.25, 0.3) is 0 Å². The van der Waals surface area contributed by atoms with E-state index in [2.05, 4.69) is 13.8 Å². The summed E-state index contributed by atoms with van der Waals surface area (Å²) in [6.45, 7) is 8.82. The Morgan fingerprint density at radius 1 is 0.780 bits per heavy atom. The van der Waals surface area contributed by atoms with Crippen molar-refractivity contribution in [2.24, 2.45) is 35.1 Å². The van der Waals surface area contributed by atoms with Gasteiger partial charge in [-0.05, 0) is 75.5 Å². The molecule has 4 N–H and O–H groups in total. The van der Waals surface area contributed by atoms with E-state index in [-0.39, 0.29) is 55.8 Å². The summed E-state index contributed by atoms with van der Waals surface area (Å²) in [4.78, 5) is 24.9. The highest BCUT2D eigenvalue weighted by Crippen LogP contribution is 2.31. The Hall–Kier alpha value is -2.29. The van der Waals surface area contributed by atoms with Gasteiger partial charge in [-0.1, -0.05) is 39.5 Å². The van der Waals surface area contributed by atoms with Crippen molar-refractivity contribution in [3.63, 3.8) is 0 Å². The molecular formula is C37H57F3N2O8. The Bertz CT molecular complexity index is 1210. The van der Waals surface area contributed by atoms with Crippen LogP contribution in [0, 0.1) is 41.1 Å². The van der Waals surface area contributed by atoms with Crippen LogP contribution in [0.3, 0.4) is 0 Å². The van der Waals surface area contributed by atoms with Crippen molar-refractivity contribution in [2.75, 3.05) is 33.0 Å². The standard InChI is InChI=1S/C37H57F3N2O8/c1-21(11-12-26-17-45-19-31(41)37(44)49-24(4)35(26)50-28-7-5-6-8-28)9-10-22(2)16-47-34-23(3)48-36(43)32(42)20-46-18-27(34)13-25-14-29(38)33(40)30(39)15-25/h14-15,21-24,26-28,31-32,34-35H,5-13,16-20,41-42H2,1-4H3. The Morgan fingerprint density at radius 3 is 1.92 bits per heavy atom. The van der Waals surface area contributed by atoms with E-state index in [1.165, 1.54) is 0 Å². The maximum atomic E-state index is 14.0. The summed E-state index contributed by atoms with van der Waals surface area (Å²) in [5.41, 5.74) is 12.1. The predicted molar refractivity (Wildman–Crippen MR) is 179 cm³/mol. The van der Waals surface area contributed by atoms with Crippen molar-refractivity contribution in [2.45, 2.75) is 128 Å². The quantitative estimate of drug-likeness (QED) is 0.212. The lowest BCUT2D eigenvalue weighted by Crippen LogP contribution is -2.42. The number of cyclic esters (lactones) is 2. The number of ether oxygens (including phenoxy) is 6. The summed E-state index contributed by atoms with van der Waals surface area (Å²) in [5, 5.41) is 0. The molecule has 0 amide bonds. The van der Waals surface area contributed by atoms with Crippen LogP contribution in [0.5, 0.6) is 0 Å². The van der Waals surface area contributed by atoms with E-state index >= 15 is 0 Å². The highest BCUT2D eigenvalue weighted by atomic mass is 19.2. The number of carbonyl (C=O) groups excluding carboxylic acids is 2. The van der Waals surface area contributed by atoms with E-state index < -0.39 is 65.7 Å². The van der Waals surface area contributed by atoms with Gasteiger partial charge in [0.05, 0.1) is 44.7 Å². The molecule has 2 heterocycles. The molecule has 1 saturated carbocycles. The molecule has 0 radical (unpaired) electrons. The zero-order valence-corrected chi connectivity index (χ0v) is 30.0. The first-order valence-electron chi connectivity index (χ1n) is 18.3. The van der Waals surface area contributed by atoms with Crippen molar-refractivity contribution in [3.8, 4) is 0 Å². The first-order valence-corrected chi connectivity index (χ1v) is 18.3. The van der Waals surface area contributed by atoms with Gasteiger partial charge in [-0.25, -0.2) is 13.2 Å². The molecule has 10 unspecified atom stereocenters. The lowest BCUT2D eigenvalue weighted by Gasteiger charge is -2.33. The first kappa shape index (κ1) is 40.5. The normalized spacial score (nSPS) is 31.7. The van der Waals surface area contributed by atoms with Gasteiger partial charge in [0.25, 0.3) is 0 Å². The van der Waals surface area contributed by atoms with E-state index in [1.54, 1.807) is 6.92 Å². The molecule has 13 heteroatoms. The van der Waals surface area contributed by atoms with Crippen LogP contribution in [0.1, 0.15) is 84.6 Å². The van der Waals surface area contributed by atoms with Crippen LogP contribution < -0.4 is 11.5 Å². The summed E-state index contributed by atoms with van der Waals surface area (Å²) in [6.07, 6.45) is 6.06. The monoisotopic (exact) mass is 714 g/mol. The Labute approximate surface area is 294 Å². The number of rotatable bonds is 13. The highest BCUT2D eigenvalue weighted by Gasteiger charge is 2.37. The number of esters is 2. The van der Waals surface area contributed by atoms with Crippen LogP contribution in [-0.4, -0.2) is 87.6 Å². The predicted octanol–water partition coefficient (Wildman–Crippen LogP) is 5.00. The van der Waals surface area contributed by atoms with Crippen molar-refractivity contribution in [3.05, 3.63) is 35.1 Å². The van der Waals surface area contributed by atoms with E-state index in [9.17, 15) is 22.8 Å². The molecule has 3 aliphatic rings. The third-order valence-electron chi connectivity index (χ3n) is 10.3. The van der Waals surface area contributed by atoms with E-state index in [1.807, 2.05) is 6.92 Å². The van der Waals surface area contributed by atoms with Gasteiger partial charge >= 0.3 is 11.9 Å². The average Bonchev–Trinajstić information content (AvgIpc) is 3.61. The summed E-state index contributed by atoms with van der Waals surface area (Å²) in [5.74, 6) is -5.05. The molecular weight excluding hydrogens is 657 g/mol. The van der Waals surface area contributed by atoms with Crippen LogP contribution in [0.2, 0.25) is 0 Å². The van der Waals surface area contributed by atoms with Crippen LogP contribution in [-0.2, 0) is 44.4 Å². The van der Waals surface area contributed by atoms with Crippen molar-refractivity contribution in [1.82, 2.24) is 0 Å². The van der Waals surface area contributed by atoms with Gasteiger partial charge < -0.3 is 39.9 Å². The van der Waals surface area contributed by atoms with Crippen LogP contribution >= 0.6 is 0 Å². The molecule has 0 bridgehead atoms. The number of halogens is 3. The zero-order chi connectivity index (χ0) is 36.4. The van der Waals surface area contributed by atoms with Gasteiger partial charge in [0.2, 0.25) is 0 Å². The van der Waals surface area contributed by atoms with Gasteiger partial charge in [-0.2, -0.15) is 0 Å². The number of hydrogen-bond donors (Lipinski definition) is 2. The summed E-state index contributed by atoms with van der Waals surface area (Å²) < 4.78 is 77.6. The van der Waals surface area contributed by atoms with E-state index in [0.717, 1.165) is 63.5 Å². The Balaban J connectivity index is 1.33. The van der Waals surface area contributed by atoms with Crippen molar-refractivity contribution >= 4 is 11.9 Å². The summed E-state index contributed by atoms with van der Waals surface area (Å²) >= 11 is 0. The Kier molecular flexibility index (Phi) is 15.8. The van der Waals surface area contributed by atoms with E-state index in [0.29, 0.717) is 19.1 Å². The summed E-state index contributed by atoms with van der Waals surface area (Å²) in [7, 11) is 0. The SMILES string of the molecule is CC(CCC(C)COC1C(Cc2cc(F)c(F)c(F)c2)COCC(N)C(=O)OC1C)CCC1COCC(N)C(=O)OC(C)C1OC1CCCC1. The van der Waals surface area contributed by atoms with Gasteiger partial charge in [0, 0.05) is 18.4 Å². The fourth-order valence-corrected chi connectivity index (χ4v) is 7.22. The molecule has 3 fully saturated rings. The average molecular weight is 715 g/mol.